The van der Waals surface area contributed by atoms with Crippen molar-refractivity contribution < 1.29 is 9.53 Å². The van der Waals surface area contributed by atoms with Gasteiger partial charge in [0.15, 0.2) is 0 Å². The van der Waals surface area contributed by atoms with Crippen LogP contribution in [0.25, 0.3) is 0 Å². The molecule has 0 fully saturated rings. The van der Waals surface area contributed by atoms with Crippen molar-refractivity contribution in [3.63, 3.8) is 0 Å². The zero-order valence-corrected chi connectivity index (χ0v) is 8.22. The molecule has 0 saturated carbocycles. The molecule has 0 saturated heterocycles. The van der Waals surface area contributed by atoms with Crippen LogP contribution in [0.5, 0.6) is 0 Å². The Balaban J connectivity index is 3.74. The molecule has 0 unspecified atom stereocenters. The first-order valence-corrected chi connectivity index (χ1v) is 4.56. The summed E-state index contributed by atoms with van der Waals surface area (Å²) in [6, 6.07) is 0. The minimum Gasteiger partial charge on any atom is -0.463 e. The molecule has 0 aliphatic rings. The lowest BCUT2D eigenvalue weighted by molar-refractivity contribution is -0.138. The maximum absolute atomic E-state index is 11.0. The highest BCUT2D eigenvalue weighted by molar-refractivity contribution is 5.87. The van der Waals surface area contributed by atoms with Gasteiger partial charge in [-0.2, -0.15) is 0 Å². The summed E-state index contributed by atoms with van der Waals surface area (Å²) in [6.07, 6.45) is 5.21. The van der Waals surface area contributed by atoms with Gasteiger partial charge in [0.05, 0.1) is 6.61 Å². The van der Waals surface area contributed by atoms with E-state index in [2.05, 4.69) is 6.92 Å². The molecule has 0 radical (unpaired) electrons. The van der Waals surface area contributed by atoms with E-state index in [1.165, 1.54) is 0 Å². The molecule has 0 amide bonds. The molecule has 0 aromatic carbocycles. The Kier molecular flexibility index (Phi) is 6.44. The van der Waals surface area contributed by atoms with Gasteiger partial charge in [-0.25, -0.2) is 4.79 Å². The SMILES string of the molecule is CCCCC=C(C)C(=O)OCC. The molecule has 2 heteroatoms. The Hall–Kier alpha value is -0.790. The van der Waals surface area contributed by atoms with Crippen LogP contribution in [0.3, 0.4) is 0 Å². The van der Waals surface area contributed by atoms with Gasteiger partial charge in [0.1, 0.15) is 0 Å². The fourth-order valence-corrected chi connectivity index (χ4v) is 0.851. The van der Waals surface area contributed by atoms with Crippen LogP contribution in [0.4, 0.5) is 0 Å². The van der Waals surface area contributed by atoms with E-state index in [1.807, 2.05) is 13.0 Å². The number of hydrogen-bond acceptors (Lipinski definition) is 2. The molecule has 0 rings (SSSR count). The molecule has 2 nitrogen and oxygen atoms in total. The van der Waals surface area contributed by atoms with Crippen LogP contribution in [-0.2, 0) is 9.53 Å². The molecule has 0 bridgehead atoms. The van der Waals surface area contributed by atoms with Gasteiger partial charge in [0.2, 0.25) is 0 Å². The first-order chi connectivity index (χ1) is 5.72. The van der Waals surface area contributed by atoms with E-state index in [0.29, 0.717) is 6.61 Å². The van der Waals surface area contributed by atoms with Crippen LogP contribution >= 0.6 is 0 Å². The first kappa shape index (κ1) is 11.2. The second-order valence-electron chi connectivity index (χ2n) is 2.75. The normalized spacial score (nSPS) is 11.4. The van der Waals surface area contributed by atoms with Crippen LogP contribution in [0.15, 0.2) is 11.6 Å². The molecule has 0 aliphatic heterocycles. The van der Waals surface area contributed by atoms with Gasteiger partial charge in [0.25, 0.3) is 0 Å². The molecule has 0 aromatic heterocycles. The third kappa shape index (κ3) is 4.94. The molecule has 70 valence electrons. The number of ether oxygens (including phenoxy) is 1. The lowest BCUT2D eigenvalue weighted by Gasteiger charge is -2.00. The van der Waals surface area contributed by atoms with E-state index in [4.69, 9.17) is 4.74 Å². The summed E-state index contributed by atoms with van der Waals surface area (Å²) < 4.78 is 4.83. The maximum atomic E-state index is 11.0. The van der Waals surface area contributed by atoms with Crippen molar-refractivity contribution in [3.8, 4) is 0 Å². The van der Waals surface area contributed by atoms with Crippen molar-refractivity contribution in [3.05, 3.63) is 11.6 Å². The molecule has 0 atom stereocenters. The lowest BCUT2D eigenvalue weighted by atomic mass is 10.2. The van der Waals surface area contributed by atoms with Gasteiger partial charge < -0.3 is 4.74 Å². The molecule has 12 heavy (non-hydrogen) atoms. The number of unbranched alkanes of at least 4 members (excludes halogenated alkanes) is 2. The van der Waals surface area contributed by atoms with E-state index >= 15 is 0 Å². The van der Waals surface area contributed by atoms with Gasteiger partial charge in [0, 0.05) is 5.57 Å². The molecular weight excluding hydrogens is 152 g/mol. The van der Waals surface area contributed by atoms with Crippen molar-refractivity contribution in [2.24, 2.45) is 0 Å². The van der Waals surface area contributed by atoms with Crippen LogP contribution in [0, 0.1) is 0 Å². The van der Waals surface area contributed by atoms with Crippen molar-refractivity contribution in [1.29, 1.82) is 0 Å². The zero-order valence-electron chi connectivity index (χ0n) is 8.22. The third-order valence-electron chi connectivity index (χ3n) is 1.61. The Labute approximate surface area is 74.6 Å². The van der Waals surface area contributed by atoms with E-state index in [1.54, 1.807) is 6.92 Å². The fourth-order valence-electron chi connectivity index (χ4n) is 0.851. The van der Waals surface area contributed by atoms with Crippen molar-refractivity contribution >= 4 is 5.97 Å². The van der Waals surface area contributed by atoms with Crippen LogP contribution in [-0.4, -0.2) is 12.6 Å². The average molecular weight is 170 g/mol. The number of carbonyl (C=O) groups excluding carboxylic acids is 1. The van der Waals surface area contributed by atoms with Gasteiger partial charge in [-0.15, -0.1) is 0 Å². The number of allylic oxidation sites excluding steroid dienone is 1. The van der Waals surface area contributed by atoms with E-state index < -0.39 is 0 Å². The second kappa shape index (κ2) is 6.89. The van der Waals surface area contributed by atoms with Crippen molar-refractivity contribution in [1.82, 2.24) is 0 Å². The predicted molar refractivity (Wildman–Crippen MR) is 49.9 cm³/mol. The van der Waals surface area contributed by atoms with E-state index in [0.717, 1.165) is 24.8 Å². The van der Waals surface area contributed by atoms with Crippen LogP contribution < -0.4 is 0 Å². The Morgan fingerprint density at radius 2 is 2.08 bits per heavy atom. The van der Waals surface area contributed by atoms with Crippen LogP contribution in [0.1, 0.15) is 40.0 Å². The smallest absolute Gasteiger partial charge is 0.333 e. The minimum absolute atomic E-state index is 0.186. The highest BCUT2D eigenvalue weighted by Gasteiger charge is 2.02. The molecule has 0 spiro atoms. The second-order valence-corrected chi connectivity index (χ2v) is 2.75. The summed E-state index contributed by atoms with van der Waals surface area (Å²) in [7, 11) is 0. The van der Waals surface area contributed by atoms with E-state index in [-0.39, 0.29) is 5.97 Å². The number of rotatable bonds is 5. The minimum atomic E-state index is -0.186. The number of carbonyl (C=O) groups is 1. The topological polar surface area (TPSA) is 26.3 Å². The van der Waals surface area contributed by atoms with Crippen molar-refractivity contribution in [2.45, 2.75) is 40.0 Å². The standard InChI is InChI=1S/C10H18O2/c1-4-6-7-8-9(3)10(11)12-5-2/h8H,4-7H2,1-3H3. The monoisotopic (exact) mass is 170 g/mol. The van der Waals surface area contributed by atoms with Crippen LogP contribution in [0.2, 0.25) is 0 Å². The quantitative estimate of drug-likeness (QED) is 0.360. The highest BCUT2D eigenvalue weighted by atomic mass is 16.5. The summed E-state index contributed by atoms with van der Waals surface area (Å²) in [6.45, 7) is 6.20. The Bertz CT molecular complexity index is 159. The molecular formula is C10H18O2. The maximum Gasteiger partial charge on any atom is 0.333 e. The number of esters is 1. The third-order valence-corrected chi connectivity index (χ3v) is 1.61. The molecule has 0 N–H and O–H groups in total. The summed E-state index contributed by atoms with van der Waals surface area (Å²) in [4.78, 5) is 11.0. The Morgan fingerprint density at radius 3 is 2.58 bits per heavy atom. The summed E-state index contributed by atoms with van der Waals surface area (Å²) >= 11 is 0. The van der Waals surface area contributed by atoms with Gasteiger partial charge >= 0.3 is 5.97 Å². The summed E-state index contributed by atoms with van der Waals surface area (Å²) in [5, 5.41) is 0. The number of hydrogen-bond donors (Lipinski definition) is 0. The molecule has 0 aliphatic carbocycles. The molecule has 0 aromatic rings. The summed E-state index contributed by atoms with van der Waals surface area (Å²) in [5.41, 5.74) is 0.727. The summed E-state index contributed by atoms with van der Waals surface area (Å²) in [5.74, 6) is -0.186. The van der Waals surface area contributed by atoms with E-state index in [9.17, 15) is 4.79 Å². The lowest BCUT2D eigenvalue weighted by Crippen LogP contribution is -2.04. The Morgan fingerprint density at radius 1 is 1.42 bits per heavy atom. The van der Waals surface area contributed by atoms with Gasteiger partial charge in [-0.3, -0.25) is 0 Å². The highest BCUT2D eigenvalue weighted by Crippen LogP contribution is 2.02. The average Bonchev–Trinajstić information content (AvgIpc) is 2.05. The first-order valence-electron chi connectivity index (χ1n) is 4.56. The fraction of sp³-hybridized carbons (Fsp3) is 0.700. The van der Waals surface area contributed by atoms with Gasteiger partial charge in [-0.05, 0) is 20.3 Å². The molecule has 0 heterocycles. The predicted octanol–water partition coefficient (Wildman–Crippen LogP) is 2.69. The van der Waals surface area contributed by atoms with Gasteiger partial charge in [-0.1, -0.05) is 25.8 Å². The largest absolute Gasteiger partial charge is 0.463 e. The van der Waals surface area contributed by atoms with Crippen molar-refractivity contribution in [2.75, 3.05) is 6.61 Å². The zero-order chi connectivity index (χ0) is 9.40.